The van der Waals surface area contributed by atoms with Crippen molar-refractivity contribution in [2.24, 2.45) is 13.0 Å². The number of benzene rings is 2. The van der Waals surface area contributed by atoms with Gasteiger partial charge in [0.2, 0.25) is 5.95 Å². The van der Waals surface area contributed by atoms with Crippen LogP contribution in [-0.4, -0.2) is 42.7 Å². The molecule has 1 fully saturated rings. The van der Waals surface area contributed by atoms with Crippen LogP contribution in [0.3, 0.4) is 0 Å². The Hall–Kier alpha value is -4.14. The number of amides is 1. The molecule has 194 valence electrons. The van der Waals surface area contributed by atoms with Gasteiger partial charge < -0.3 is 23.8 Å². The zero-order chi connectivity index (χ0) is 26.0. The van der Waals surface area contributed by atoms with Crippen LogP contribution in [0.25, 0.3) is 33.5 Å². The molecule has 1 aliphatic heterocycles. The summed E-state index contributed by atoms with van der Waals surface area (Å²) < 4.78 is 26.0. The summed E-state index contributed by atoms with van der Waals surface area (Å²) in [5.41, 5.74) is 5.71. The highest BCUT2D eigenvalue weighted by atomic mass is 19.1. The SMILES string of the molecule is C[C@H](COc1cccc2cc(-c3nc4cc5c(cc4n3C)CCNC5=O)n(CC3CC3)c12)n1cnc(F)c1. The number of carbonyl (C=O) groups excluding carboxylic acids is 1. The van der Waals surface area contributed by atoms with Gasteiger partial charge >= 0.3 is 0 Å². The lowest BCUT2D eigenvalue weighted by Crippen LogP contribution is -2.31. The van der Waals surface area contributed by atoms with Crippen LogP contribution in [0.1, 0.15) is 41.7 Å². The Morgan fingerprint density at radius 2 is 2.11 bits per heavy atom. The standard InChI is InChI=1S/C29H29FN6O2/c1-17(35-14-26(30)32-16-35)15-38-25-5-3-4-20-11-24(36(27(20)25)13-18-6-7-18)28-33-22-12-21-19(8-9-31-29(21)37)10-23(22)34(28)2/h3-5,10-12,14,16-18H,6-9,13,15H2,1-2H3,(H,31,37)/t17-/m1/s1. The minimum Gasteiger partial charge on any atom is -0.489 e. The molecule has 9 heteroatoms. The van der Waals surface area contributed by atoms with Crippen LogP contribution < -0.4 is 10.1 Å². The predicted molar refractivity (Wildman–Crippen MR) is 143 cm³/mol. The Bertz CT molecular complexity index is 1710. The number of nitrogens with zero attached hydrogens (tertiary/aromatic N) is 5. The molecule has 1 aliphatic carbocycles. The van der Waals surface area contributed by atoms with E-state index in [0.29, 0.717) is 19.1 Å². The second-order valence-electron chi connectivity index (χ2n) is 10.6. The summed E-state index contributed by atoms with van der Waals surface area (Å²) in [4.78, 5) is 21.2. The number of aryl methyl sites for hydroxylation is 1. The third kappa shape index (κ3) is 3.84. The summed E-state index contributed by atoms with van der Waals surface area (Å²) >= 11 is 0. The van der Waals surface area contributed by atoms with Gasteiger partial charge in [0.15, 0.2) is 5.82 Å². The Morgan fingerprint density at radius 1 is 1.24 bits per heavy atom. The van der Waals surface area contributed by atoms with Crippen molar-refractivity contribution in [3.63, 3.8) is 0 Å². The lowest BCUT2D eigenvalue weighted by Gasteiger charge is -2.17. The molecule has 2 aromatic carbocycles. The minimum atomic E-state index is -0.495. The topological polar surface area (TPSA) is 78.9 Å². The third-order valence-electron chi connectivity index (χ3n) is 7.84. The maximum absolute atomic E-state index is 13.4. The number of carbonyl (C=O) groups is 1. The number of fused-ring (bicyclic) bond motifs is 3. The summed E-state index contributed by atoms with van der Waals surface area (Å²) in [6, 6.07) is 12.3. The number of ether oxygens (including phenoxy) is 1. The molecular formula is C29H29FN6O2. The number of aromatic nitrogens is 5. The number of nitrogens with one attached hydrogen (secondary N) is 1. The molecule has 3 aromatic heterocycles. The summed E-state index contributed by atoms with van der Waals surface area (Å²) in [6.45, 7) is 3.92. The van der Waals surface area contributed by atoms with Crippen molar-refractivity contribution in [2.75, 3.05) is 13.2 Å². The van der Waals surface area contributed by atoms with Crippen molar-refractivity contribution in [2.45, 2.75) is 38.8 Å². The van der Waals surface area contributed by atoms with Crippen LogP contribution in [0.4, 0.5) is 4.39 Å². The molecule has 0 unspecified atom stereocenters. The first-order valence-corrected chi connectivity index (χ1v) is 13.2. The average molecular weight is 513 g/mol. The van der Waals surface area contributed by atoms with E-state index < -0.39 is 5.95 Å². The number of para-hydroxylation sites is 1. The van der Waals surface area contributed by atoms with Crippen molar-refractivity contribution < 1.29 is 13.9 Å². The van der Waals surface area contributed by atoms with Gasteiger partial charge in [-0.25, -0.2) is 9.97 Å². The molecule has 1 atom stereocenters. The Kier molecular flexibility index (Phi) is 5.28. The molecule has 38 heavy (non-hydrogen) atoms. The first kappa shape index (κ1) is 23.0. The zero-order valence-corrected chi connectivity index (χ0v) is 21.4. The van der Waals surface area contributed by atoms with E-state index in [4.69, 9.17) is 9.72 Å². The van der Waals surface area contributed by atoms with Crippen LogP contribution in [0.2, 0.25) is 0 Å². The van der Waals surface area contributed by atoms with Crippen molar-refractivity contribution in [1.82, 2.24) is 29.0 Å². The van der Waals surface area contributed by atoms with Crippen LogP contribution >= 0.6 is 0 Å². The van der Waals surface area contributed by atoms with E-state index in [1.807, 2.05) is 32.2 Å². The third-order valence-corrected chi connectivity index (χ3v) is 7.84. The molecule has 0 saturated heterocycles. The van der Waals surface area contributed by atoms with Gasteiger partial charge in [-0.1, -0.05) is 12.1 Å². The fourth-order valence-corrected chi connectivity index (χ4v) is 5.52. The molecule has 7 rings (SSSR count). The maximum Gasteiger partial charge on any atom is 0.251 e. The number of imidazole rings is 2. The fraction of sp³-hybridized carbons (Fsp3) is 0.345. The lowest BCUT2D eigenvalue weighted by atomic mass is 9.99. The monoisotopic (exact) mass is 512 g/mol. The fourth-order valence-electron chi connectivity index (χ4n) is 5.52. The van der Waals surface area contributed by atoms with Crippen LogP contribution in [0.15, 0.2) is 48.9 Å². The van der Waals surface area contributed by atoms with Gasteiger partial charge in [-0.15, -0.1) is 0 Å². The van der Waals surface area contributed by atoms with Gasteiger partial charge in [0.05, 0.1) is 40.8 Å². The van der Waals surface area contributed by atoms with E-state index in [1.54, 1.807) is 4.57 Å². The van der Waals surface area contributed by atoms with Crippen molar-refractivity contribution >= 4 is 27.8 Å². The molecule has 2 aliphatic rings. The highest BCUT2D eigenvalue weighted by Crippen LogP contribution is 2.39. The van der Waals surface area contributed by atoms with Gasteiger partial charge in [-0.2, -0.15) is 4.39 Å². The van der Waals surface area contributed by atoms with Gasteiger partial charge in [0.1, 0.15) is 12.4 Å². The zero-order valence-electron chi connectivity index (χ0n) is 21.4. The molecule has 1 N–H and O–H groups in total. The Balaban J connectivity index is 1.32. The number of hydrogen-bond donors (Lipinski definition) is 1. The Morgan fingerprint density at radius 3 is 2.89 bits per heavy atom. The Labute approximate surface area is 219 Å². The van der Waals surface area contributed by atoms with Crippen molar-refractivity contribution in [1.29, 1.82) is 0 Å². The van der Waals surface area contributed by atoms with E-state index in [2.05, 4.69) is 37.6 Å². The summed E-state index contributed by atoms with van der Waals surface area (Å²) in [5.74, 6) is 1.78. The highest BCUT2D eigenvalue weighted by Gasteiger charge is 2.27. The minimum absolute atomic E-state index is 0.0300. The van der Waals surface area contributed by atoms with Crippen molar-refractivity contribution in [3.05, 3.63) is 66.0 Å². The maximum atomic E-state index is 13.4. The van der Waals surface area contributed by atoms with Gasteiger partial charge in [-0.3, -0.25) is 4.79 Å². The lowest BCUT2D eigenvalue weighted by molar-refractivity contribution is 0.0946. The first-order valence-electron chi connectivity index (χ1n) is 13.2. The summed E-state index contributed by atoms with van der Waals surface area (Å²) in [6.07, 6.45) is 6.14. The number of halogens is 1. The molecule has 1 amide bonds. The number of hydrogen-bond acceptors (Lipinski definition) is 4. The molecule has 8 nitrogen and oxygen atoms in total. The van der Waals surface area contributed by atoms with Crippen molar-refractivity contribution in [3.8, 4) is 17.3 Å². The molecule has 1 saturated carbocycles. The smallest absolute Gasteiger partial charge is 0.251 e. The summed E-state index contributed by atoms with van der Waals surface area (Å²) in [5, 5.41) is 4.02. The first-order chi connectivity index (χ1) is 18.5. The van der Waals surface area contributed by atoms with E-state index in [9.17, 15) is 9.18 Å². The average Bonchev–Trinajstić information content (AvgIpc) is 3.37. The van der Waals surface area contributed by atoms with E-state index in [1.165, 1.54) is 25.4 Å². The molecule has 5 aromatic rings. The normalized spacial score (nSPS) is 16.1. The largest absolute Gasteiger partial charge is 0.489 e. The molecular weight excluding hydrogens is 483 g/mol. The predicted octanol–water partition coefficient (Wildman–Crippen LogP) is 4.87. The molecule has 0 spiro atoms. The van der Waals surface area contributed by atoms with E-state index >= 15 is 0 Å². The molecule has 0 bridgehead atoms. The molecule has 4 heterocycles. The van der Waals surface area contributed by atoms with E-state index in [0.717, 1.165) is 63.3 Å². The van der Waals surface area contributed by atoms with E-state index in [-0.39, 0.29) is 11.9 Å². The van der Waals surface area contributed by atoms with Crippen LogP contribution in [0, 0.1) is 11.9 Å². The quantitative estimate of drug-likeness (QED) is 0.338. The van der Waals surface area contributed by atoms with Gasteiger partial charge in [0.25, 0.3) is 5.91 Å². The second-order valence-corrected chi connectivity index (χ2v) is 10.6. The van der Waals surface area contributed by atoms with Crippen LogP contribution in [-0.2, 0) is 20.0 Å². The second kappa shape index (κ2) is 8.72. The van der Waals surface area contributed by atoms with Crippen LogP contribution in [0.5, 0.6) is 5.75 Å². The van der Waals surface area contributed by atoms with Gasteiger partial charge in [0, 0.05) is 31.1 Å². The summed E-state index contributed by atoms with van der Waals surface area (Å²) in [7, 11) is 2.04. The highest BCUT2D eigenvalue weighted by molar-refractivity contribution is 6.00. The van der Waals surface area contributed by atoms with Gasteiger partial charge in [-0.05, 0) is 61.9 Å². The molecule has 0 radical (unpaired) electrons. The number of rotatable bonds is 7.